The summed E-state index contributed by atoms with van der Waals surface area (Å²) in [6.45, 7) is 8.44. The minimum Gasteiger partial charge on any atom is -0.366 e. The number of rotatable bonds is 4. The maximum atomic E-state index is 11.6. The van der Waals surface area contributed by atoms with Gasteiger partial charge < -0.3 is 10.6 Å². The zero-order valence-corrected chi connectivity index (χ0v) is 16.5. The Hall–Kier alpha value is -2.15. The van der Waals surface area contributed by atoms with Crippen molar-refractivity contribution >= 4 is 27.3 Å². The molecule has 0 bridgehead atoms. The predicted octanol–water partition coefficient (Wildman–Crippen LogP) is 3.43. The lowest BCUT2D eigenvalue weighted by atomic mass is 9.87. The van der Waals surface area contributed by atoms with Crippen molar-refractivity contribution in [3.05, 3.63) is 41.6 Å². The lowest BCUT2D eigenvalue weighted by Gasteiger charge is -2.19. The van der Waals surface area contributed by atoms with Gasteiger partial charge in [-0.3, -0.25) is 0 Å². The highest BCUT2D eigenvalue weighted by atomic mass is 32.2. The molecule has 1 atom stereocenters. The van der Waals surface area contributed by atoms with Gasteiger partial charge in [0.25, 0.3) is 0 Å². The summed E-state index contributed by atoms with van der Waals surface area (Å²) in [5, 5.41) is 6.45. The van der Waals surface area contributed by atoms with Gasteiger partial charge >= 0.3 is 0 Å². The molecule has 1 aliphatic rings. The highest BCUT2D eigenvalue weighted by molar-refractivity contribution is 7.91. The standard InChI is InChI=1S/C19H26N4O2S/c1-13-11-17(21-16-9-10-26(24,25)12-16)23-18(20-13)22-15-7-5-14(6-8-15)19(2,3)4/h5-8,11,16H,9-10,12H2,1-4H3,(H2,20,21,22,23). The SMILES string of the molecule is Cc1cc(NC2CCS(=O)(=O)C2)nc(Nc2ccc(C(C)(C)C)cc2)n1. The summed E-state index contributed by atoms with van der Waals surface area (Å²) in [5.41, 5.74) is 3.10. The van der Waals surface area contributed by atoms with Gasteiger partial charge in [-0.25, -0.2) is 13.4 Å². The lowest BCUT2D eigenvalue weighted by Crippen LogP contribution is -2.21. The Morgan fingerprint density at radius 1 is 1.12 bits per heavy atom. The minimum atomic E-state index is -2.92. The molecule has 0 saturated carbocycles. The smallest absolute Gasteiger partial charge is 0.229 e. The van der Waals surface area contributed by atoms with E-state index in [-0.39, 0.29) is 23.0 Å². The fraction of sp³-hybridized carbons (Fsp3) is 0.474. The monoisotopic (exact) mass is 374 g/mol. The number of benzene rings is 1. The van der Waals surface area contributed by atoms with Crippen LogP contribution in [-0.4, -0.2) is 35.9 Å². The topological polar surface area (TPSA) is 84.0 Å². The normalized spacial score (nSPS) is 19.3. The van der Waals surface area contributed by atoms with Crippen molar-refractivity contribution in [3.63, 3.8) is 0 Å². The molecule has 0 aliphatic carbocycles. The molecule has 1 unspecified atom stereocenters. The van der Waals surface area contributed by atoms with Crippen molar-refractivity contribution in [2.24, 2.45) is 0 Å². The quantitative estimate of drug-likeness (QED) is 0.853. The van der Waals surface area contributed by atoms with Crippen LogP contribution in [0.1, 0.15) is 38.4 Å². The van der Waals surface area contributed by atoms with Crippen molar-refractivity contribution in [1.29, 1.82) is 0 Å². The highest BCUT2D eigenvalue weighted by Gasteiger charge is 2.28. The van der Waals surface area contributed by atoms with Gasteiger partial charge in [-0.15, -0.1) is 0 Å². The van der Waals surface area contributed by atoms with E-state index < -0.39 is 9.84 Å². The maximum Gasteiger partial charge on any atom is 0.229 e. The Morgan fingerprint density at radius 3 is 2.38 bits per heavy atom. The van der Waals surface area contributed by atoms with E-state index >= 15 is 0 Å². The number of sulfone groups is 1. The summed E-state index contributed by atoms with van der Waals surface area (Å²) >= 11 is 0. The van der Waals surface area contributed by atoms with Crippen LogP contribution in [0.3, 0.4) is 0 Å². The Labute approximate surface area is 155 Å². The summed E-state index contributed by atoms with van der Waals surface area (Å²) in [4.78, 5) is 8.91. The first-order valence-electron chi connectivity index (χ1n) is 8.81. The van der Waals surface area contributed by atoms with E-state index in [1.165, 1.54) is 5.56 Å². The van der Waals surface area contributed by atoms with Crippen LogP contribution in [0.25, 0.3) is 0 Å². The van der Waals surface area contributed by atoms with Crippen molar-refractivity contribution < 1.29 is 8.42 Å². The predicted molar refractivity (Wildman–Crippen MR) is 106 cm³/mol. The van der Waals surface area contributed by atoms with Crippen LogP contribution in [0, 0.1) is 6.92 Å². The largest absolute Gasteiger partial charge is 0.366 e. The molecule has 1 aromatic heterocycles. The van der Waals surface area contributed by atoms with Crippen LogP contribution >= 0.6 is 0 Å². The Balaban J connectivity index is 1.73. The molecule has 2 heterocycles. The third kappa shape index (κ3) is 4.72. The first-order chi connectivity index (χ1) is 12.1. The Bertz CT molecular complexity index is 887. The van der Waals surface area contributed by atoms with Gasteiger partial charge in [0, 0.05) is 23.5 Å². The molecule has 26 heavy (non-hydrogen) atoms. The third-order valence-electron chi connectivity index (χ3n) is 4.45. The summed E-state index contributed by atoms with van der Waals surface area (Å²) in [6, 6.07) is 9.97. The number of anilines is 3. The molecule has 2 N–H and O–H groups in total. The number of hydrogen-bond acceptors (Lipinski definition) is 6. The van der Waals surface area contributed by atoms with Gasteiger partial charge in [-0.2, -0.15) is 4.98 Å². The number of nitrogens with one attached hydrogen (secondary N) is 2. The Morgan fingerprint density at radius 2 is 1.81 bits per heavy atom. The van der Waals surface area contributed by atoms with Gasteiger partial charge in [0.05, 0.1) is 11.5 Å². The second kappa shape index (κ2) is 6.87. The zero-order valence-electron chi connectivity index (χ0n) is 15.7. The van der Waals surface area contributed by atoms with Crippen LogP contribution in [0.2, 0.25) is 0 Å². The van der Waals surface area contributed by atoms with Crippen molar-refractivity contribution in [3.8, 4) is 0 Å². The van der Waals surface area contributed by atoms with Gasteiger partial charge in [0.2, 0.25) is 5.95 Å². The van der Waals surface area contributed by atoms with E-state index in [4.69, 9.17) is 0 Å². The molecule has 0 radical (unpaired) electrons. The molecule has 6 nitrogen and oxygen atoms in total. The molecular formula is C19H26N4O2S. The molecule has 0 amide bonds. The summed E-state index contributed by atoms with van der Waals surface area (Å²) < 4.78 is 23.2. The third-order valence-corrected chi connectivity index (χ3v) is 6.21. The first kappa shape index (κ1) is 18.6. The molecule has 3 rings (SSSR count). The molecule has 140 valence electrons. The second-order valence-electron chi connectivity index (χ2n) is 7.91. The lowest BCUT2D eigenvalue weighted by molar-refractivity contribution is 0.590. The molecule has 2 aromatic rings. The molecule has 0 spiro atoms. The van der Waals surface area contributed by atoms with E-state index in [1.807, 2.05) is 25.1 Å². The highest BCUT2D eigenvalue weighted by Crippen LogP contribution is 2.25. The number of hydrogen-bond donors (Lipinski definition) is 2. The number of nitrogens with zero attached hydrogens (tertiary/aromatic N) is 2. The van der Waals surface area contributed by atoms with E-state index in [2.05, 4.69) is 53.5 Å². The van der Waals surface area contributed by atoms with Gasteiger partial charge in [-0.1, -0.05) is 32.9 Å². The van der Waals surface area contributed by atoms with Crippen molar-refractivity contribution in [2.45, 2.75) is 45.6 Å². The van der Waals surface area contributed by atoms with Gasteiger partial charge in [-0.05, 0) is 36.5 Å². The van der Waals surface area contributed by atoms with E-state index in [0.717, 1.165) is 11.4 Å². The summed E-state index contributed by atoms with van der Waals surface area (Å²) in [7, 11) is -2.92. The average molecular weight is 375 g/mol. The average Bonchev–Trinajstić information content (AvgIpc) is 2.85. The fourth-order valence-electron chi connectivity index (χ4n) is 3.00. The van der Waals surface area contributed by atoms with Crippen LogP contribution in [-0.2, 0) is 15.3 Å². The van der Waals surface area contributed by atoms with E-state index in [1.54, 1.807) is 0 Å². The summed E-state index contributed by atoms with van der Waals surface area (Å²) in [6.07, 6.45) is 0.614. The second-order valence-corrected chi connectivity index (χ2v) is 10.1. The molecule has 1 aromatic carbocycles. The zero-order chi connectivity index (χ0) is 18.9. The Kier molecular flexibility index (Phi) is 4.92. The van der Waals surface area contributed by atoms with Crippen LogP contribution in [0.4, 0.5) is 17.5 Å². The molecular weight excluding hydrogens is 348 g/mol. The van der Waals surface area contributed by atoms with E-state index in [0.29, 0.717) is 18.2 Å². The first-order valence-corrected chi connectivity index (χ1v) is 10.6. The number of aromatic nitrogens is 2. The molecule has 1 aliphatic heterocycles. The summed E-state index contributed by atoms with van der Waals surface area (Å²) in [5.74, 6) is 1.54. The van der Waals surface area contributed by atoms with Crippen LogP contribution in [0.15, 0.2) is 30.3 Å². The molecule has 7 heteroatoms. The maximum absolute atomic E-state index is 11.6. The minimum absolute atomic E-state index is 0.0896. The molecule has 1 fully saturated rings. The van der Waals surface area contributed by atoms with Gasteiger partial charge in [0.1, 0.15) is 5.82 Å². The van der Waals surface area contributed by atoms with Crippen LogP contribution < -0.4 is 10.6 Å². The van der Waals surface area contributed by atoms with E-state index in [9.17, 15) is 8.42 Å². The van der Waals surface area contributed by atoms with Gasteiger partial charge in [0.15, 0.2) is 9.84 Å². The molecule has 1 saturated heterocycles. The van der Waals surface area contributed by atoms with Crippen LogP contribution in [0.5, 0.6) is 0 Å². The van der Waals surface area contributed by atoms with Crippen molar-refractivity contribution in [2.75, 3.05) is 22.1 Å². The van der Waals surface area contributed by atoms with Crippen molar-refractivity contribution in [1.82, 2.24) is 9.97 Å². The number of aryl methyl sites for hydroxylation is 1. The fourth-order valence-corrected chi connectivity index (χ4v) is 4.67.